The molecule has 3 rings (SSSR count). The van der Waals surface area contributed by atoms with Crippen LogP contribution in [0, 0.1) is 5.92 Å². The van der Waals surface area contributed by atoms with E-state index in [9.17, 15) is 14.0 Å². The summed E-state index contributed by atoms with van der Waals surface area (Å²) in [5.41, 5.74) is 7.09. The van der Waals surface area contributed by atoms with Gasteiger partial charge in [-0.15, -0.1) is 0 Å². The van der Waals surface area contributed by atoms with Crippen LogP contribution in [0.15, 0.2) is 30.3 Å². The van der Waals surface area contributed by atoms with E-state index in [0.717, 1.165) is 31.2 Å². The summed E-state index contributed by atoms with van der Waals surface area (Å²) in [4.78, 5) is 25.9. The van der Waals surface area contributed by atoms with Crippen LogP contribution in [0.5, 0.6) is 0 Å². The third kappa shape index (κ3) is 5.42. The molecule has 1 aromatic carbocycles. The molecule has 1 saturated carbocycles. The first kappa shape index (κ1) is 19.6. The number of carbonyl (C=O) groups excluding carboxylic acids is 2. The van der Waals surface area contributed by atoms with Gasteiger partial charge in [-0.25, -0.2) is 9.18 Å². The molecule has 2 amide bonds. The maximum absolute atomic E-state index is 13.3. The van der Waals surface area contributed by atoms with E-state index < -0.39 is 18.3 Å². The summed E-state index contributed by atoms with van der Waals surface area (Å²) >= 11 is 0. The van der Waals surface area contributed by atoms with Crippen LogP contribution in [0.4, 0.5) is 9.18 Å². The SMILES string of the molecule is N[C@H](C(=O)N1CC[C@@H](F)C1)C1CCC(NC(=O)OCc2ccccc2)CC1. The van der Waals surface area contributed by atoms with Gasteiger partial charge in [0.05, 0.1) is 12.6 Å². The number of nitrogens with one attached hydrogen (secondary N) is 1. The summed E-state index contributed by atoms with van der Waals surface area (Å²) in [5, 5.41) is 2.89. The molecule has 2 aliphatic rings. The number of hydrogen-bond acceptors (Lipinski definition) is 4. The van der Waals surface area contributed by atoms with Gasteiger partial charge in [-0.05, 0) is 43.6 Å². The van der Waals surface area contributed by atoms with Crippen molar-refractivity contribution in [2.75, 3.05) is 13.1 Å². The van der Waals surface area contributed by atoms with E-state index in [1.54, 1.807) is 4.90 Å². The summed E-state index contributed by atoms with van der Waals surface area (Å²) in [6.45, 7) is 0.862. The maximum Gasteiger partial charge on any atom is 0.407 e. The number of likely N-dealkylation sites (tertiary alicyclic amines) is 1. The topological polar surface area (TPSA) is 84.7 Å². The lowest BCUT2D eigenvalue weighted by Crippen LogP contribution is -2.49. The predicted octanol–water partition coefficient (Wildman–Crippen LogP) is 2.37. The average Bonchev–Trinajstić information content (AvgIpc) is 3.13. The van der Waals surface area contributed by atoms with Crippen molar-refractivity contribution in [2.45, 2.75) is 57.0 Å². The minimum Gasteiger partial charge on any atom is -0.445 e. The van der Waals surface area contributed by atoms with Gasteiger partial charge >= 0.3 is 6.09 Å². The van der Waals surface area contributed by atoms with E-state index in [-0.39, 0.29) is 31.0 Å². The van der Waals surface area contributed by atoms with Gasteiger partial charge in [-0.2, -0.15) is 0 Å². The maximum atomic E-state index is 13.3. The Morgan fingerprint density at radius 2 is 1.89 bits per heavy atom. The van der Waals surface area contributed by atoms with Gasteiger partial charge < -0.3 is 20.7 Å². The Kier molecular flexibility index (Phi) is 6.66. The fourth-order valence-corrected chi connectivity index (χ4v) is 3.88. The van der Waals surface area contributed by atoms with Crippen LogP contribution in [-0.2, 0) is 16.1 Å². The van der Waals surface area contributed by atoms with Gasteiger partial charge in [0.2, 0.25) is 5.91 Å². The number of carbonyl (C=O) groups is 2. The highest BCUT2D eigenvalue weighted by Gasteiger charge is 2.35. The lowest BCUT2D eigenvalue weighted by molar-refractivity contribution is -0.133. The molecular formula is C20H28FN3O3. The number of alkyl carbamates (subject to hydrolysis) is 1. The zero-order valence-electron chi connectivity index (χ0n) is 15.5. The van der Waals surface area contributed by atoms with Crippen molar-refractivity contribution >= 4 is 12.0 Å². The molecule has 27 heavy (non-hydrogen) atoms. The number of ether oxygens (including phenoxy) is 1. The smallest absolute Gasteiger partial charge is 0.407 e. The Morgan fingerprint density at radius 3 is 2.52 bits per heavy atom. The van der Waals surface area contributed by atoms with E-state index in [4.69, 9.17) is 10.5 Å². The van der Waals surface area contributed by atoms with Crippen molar-refractivity contribution in [3.05, 3.63) is 35.9 Å². The fraction of sp³-hybridized carbons (Fsp3) is 0.600. The Labute approximate surface area is 159 Å². The molecule has 1 saturated heterocycles. The van der Waals surface area contributed by atoms with Crippen molar-refractivity contribution in [3.8, 4) is 0 Å². The number of alkyl halides is 1. The highest BCUT2D eigenvalue weighted by Crippen LogP contribution is 2.28. The highest BCUT2D eigenvalue weighted by atomic mass is 19.1. The van der Waals surface area contributed by atoms with E-state index in [1.165, 1.54) is 0 Å². The molecule has 0 aromatic heterocycles. The van der Waals surface area contributed by atoms with Gasteiger partial charge in [0.25, 0.3) is 0 Å². The minimum absolute atomic E-state index is 0.0360. The van der Waals surface area contributed by atoms with Gasteiger partial charge in [0.1, 0.15) is 12.8 Å². The van der Waals surface area contributed by atoms with E-state index >= 15 is 0 Å². The first-order chi connectivity index (χ1) is 13.0. The number of amides is 2. The molecule has 3 N–H and O–H groups in total. The summed E-state index contributed by atoms with van der Waals surface area (Å²) in [6, 6.07) is 8.98. The molecule has 0 bridgehead atoms. The van der Waals surface area contributed by atoms with Crippen molar-refractivity contribution in [1.82, 2.24) is 10.2 Å². The second-order valence-corrected chi connectivity index (χ2v) is 7.51. The average molecular weight is 377 g/mol. The first-order valence-electron chi connectivity index (χ1n) is 9.68. The van der Waals surface area contributed by atoms with Crippen molar-refractivity contribution < 1.29 is 18.7 Å². The number of benzene rings is 1. The molecule has 148 valence electrons. The van der Waals surface area contributed by atoms with Crippen molar-refractivity contribution in [2.24, 2.45) is 11.7 Å². The highest BCUT2D eigenvalue weighted by molar-refractivity contribution is 5.82. The number of halogens is 1. The first-order valence-corrected chi connectivity index (χ1v) is 9.68. The number of rotatable bonds is 5. The largest absolute Gasteiger partial charge is 0.445 e. The number of nitrogens with two attached hydrogens (primary N) is 1. The predicted molar refractivity (Wildman–Crippen MR) is 99.6 cm³/mol. The van der Waals surface area contributed by atoms with Gasteiger partial charge in [-0.1, -0.05) is 30.3 Å². The summed E-state index contributed by atoms with van der Waals surface area (Å²) in [7, 11) is 0. The van der Waals surface area contributed by atoms with E-state index in [2.05, 4.69) is 5.32 Å². The Balaban J connectivity index is 1.38. The summed E-state index contributed by atoms with van der Waals surface area (Å²) < 4.78 is 18.5. The second kappa shape index (κ2) is 9.17. The van der Waals surface area contributed by atoms with Crippen LogP contribution in [0.25, 0.3) is 0 Å². The Bertz CT molecular complexity index is 635. The van der Waals surface area contributed by atoms with Crippen LogP contribution in [0.1, 0.15) is 37.7 Å². The minimum atomic E-state index is -0.928. The molecule has 6 nitrogen and oxygen atoms in total. The van der Waals surface area contributed by atoms with Crippen LogP contribution >= 0.6 is 0 Å². The monoisotopic (exact) mass is 377 g/mol. The van der Waals surface area contributed by atoms with Gasteiger partial charge in [0.15, 0.2) is 0 Å². The van der Waals surface area contributed by atoms with E-state index in [1.807, 2.05) is 30.3 Å². The molecule has 0 spiro atoms. The van der Waals surface area contributed by atoms with Crippen molar-refractivity contribution in [3.63, 3.8) is 0 Å². The van der Waals surface area contributed by atoms with Crippen LogP contribution in [-0.4, -0.2) is 48.2 Å². The summed E-state index contributed by atoms with van der Waals surface area (Å²) in [5.74, 6) is -0.0663. The normalized spacial score (nSPS) is 26.4. The molecule has 2 atom stereocenters. The lowest BCUT2D eigenvalue weighted by atomic mass is 9.81. The summed E-state index contributed by atoms with van der Waals surface area (Å²) in [6.07, 6.45) is 2.11. The molecule has 0 radical (unpaired) electrons. The zero-order valence-corrected chi connectivity index (χ0v) is 15.5. The molecular weight excluding hydrogens is 349 g/mol. The van der Waals surface area contributed by atoms with Gasteiger partial charge in [-0.3, -0.25) is 4.79 Å². The molecule has 1 aliphatic heterocycles. The molecule has 2 fully saturated rings. The third-order valence-electron chi connectivity index (χ3n) is 5.54. The Hall–Kier alpha value is -2.15. The molecule has 1 aliphatic carbocycles. The standard InChI is InChI=1S/C20H28FN3O3/c21-16-10-11-24(12-16)19(25)18(22)15-6-8-17(9-7-15)23-20(26)27-13-14-4-2-1-3-5-14/h1-5,15-18H,6-13,22H2,(H,23,26)/t15?,16-,17?,18+/m1/s1. The molecule has 1 aromatic rings. The van der Waals surface area contributed by atoms with Crippen LogP contribution in [0.3, 0.4) is 0 Å². The number of nitrogens with zero attached hydrogens (tertiary/aromatic N) is 1. The fourth-order valence-electron chi connectivity index (χ4n) is 3.88. The van der Waals surface area contributed by atoms with Gasteiger partial charge in [0, 0.05) is 12.6 Å². The molecule has 1 heterocycles. The lowest BCUT2D eigenvalue weighted by Gasteiger charge is -2.33. The quantitative estimate of drug-likeness (QED) is 0.825. The second-order valence-electron chi connectivity index (χ2n) is 7.51. The zero-order chi connectivity index (χ0) is 19.2. The Morgan fingerprint density at radius 1 is 1.19 bits per heavy atom. The molecule has 7 heteroatoms. The molecule has 0 unspecified atom stereocenters. The van der Waals surface area contributed by atoms with Crippen molar-refractivity contribution in [1.29, 1.82) is 0 Å². The van der Waals surface area contributed by atoms with Crippen LogP contribution < -0.4 is 11.1 Å². The number of hydrogen-bond donors (Lipinski definition) is 2. The van der Waals surface area contributed by atoms with E-state index in [0.29, 0.717) is 13.0 Å². The third-order valence-corrected chi connectivity index (χ3v) is 5.54. The van der Waals surface area contributed by atoms with Crippen LogP contribution in [0.2, 0.25) is 0 Å².